The molecule has 0 atom stereocenters. The second-order valence-electron chi connectivity index (χ2n) is 14.5. The van der Waals surface area contributed by atoms with Crippen LogP contribution in [0.5, 0.6) is 0 Å². The molecule has 256 valence electrons. The van der Waals surface area contributed by atoms with Gasteiger partial charge in [-0.15, -0.1) is 0 Å². The Bertz CT molecular complexity index is 3450. The molecule has 0 spiro atoms. The quantitative estimate of drug-likeness (QED) is 0.174. The molecule has 12 rings (SSSR count). The minimum atomic E-state index is 1.15. The number of fused-ring (bicyclic) bond motifs is 12. The van der Waals surface area contributed by atoms with Gasteiger partial charge in [0.2, 0.25) is 0 Å². The van der Waals surface area contributed by atoms with Crippen molar-refractivity contribution in [1.29, 1.82) is 0 Å². The topological polar surface area (TPSA) is 14.8 Å². The van der Waals surface area contributed by atoms with Gasteiger partial charge in [0, 0.05) is 54.8 Å². The summed E-state index contributed by atoms with van der Waals surface area (Å²) in [7, 11) is 0. The van der Waals surface area contributed by atoms with Gasteiger partial charge in [0.05, 0.1) is 33.1 Å². The second kappa shape index (κ2) is 11.6. The SMILES string of the molecule is c1ccc(-n2c3ccccc3c3cc(-c4ccc(-n5c6ccccc6c6c7ccc8c9ccccc9n(-c9ccccc9)c8c7ccc65)cc4)ccc32)cc1. The summed E-state index contributed by atoms with van der Waals surface area (Å²) in [5.74, 6) is 0. The molecule has 0 saturated heterocycles. The van der Waals surface area contributed by atoms with Crippen LogP contribution in [0, 0.1) is 0 Å². The standard InChI is InChI=1S/C52H33N3/c1-3-13-36(14-4-1)53-46-20-10-8-18-40(46)45-33-35(25-31-49(45)53)34-23-26-38(27-24-34)54-48-22-12-9-19-44(48)51-41-28-29-42-39-17-7-11-21-47(39)55(37-15-5-2-6-16-37)52(42)43(41)30-32-50(51)54/h1-33H. The second-order valence-corrected chi connectivity index (χ2v) is 14.5. The Kier molecular flexibility index (Phi) is 6.34. The Labute approximate surface area is 317 Å². The normalized spacial score (nSPS) is 12.0. The van der Waals surface area contributed by atoms with Gasteiger partial charge in [-0.1, -0.05) is 127 Å². The molecule has 9 aromatic carbocycles. The Hall–Kier alpha value is -7.36. The molecular weight excluding hydrogens is 667 g/mol. The average Bonchev–Trinajstić information content (AvgIpc) is 3.90. The molecule has 0 aliphatic heterocycles. The maximum atomic E-state index is 2.44. The molecule has 3 nitrogen and oxygen atoms in total. The number of rotatable bonds is 4. The Balaban J connectivity index is 1.03. The molecule has 0 amide bonds. The molecule has 0 aliphatic rings. The van der Waals surface area contributed by atoms with E-state index in [1.54, 1.807) is 0 Å². The molecule has 0 N–H and O–H groups in total. The van der Waals surface area contributed by atoms with Crippen LogP contribution in [0.25, 0.3) is 104 Å². The smallest absolute Gasteiger partial charge is 0.0619 e. The fraction of sp³-hybridized carbons (Fsp3) is 0. The number of benzene rings is 9. The highest BCUT2D eigenvalue weighted by molar-refractivity contribution is 6.28. The molecule has 0 unspecified atom stereocenters. The summed E-state index contributed by atoms with van der Waals surface area (Å²) in [5.41, 5.74) is 13.2. The monoisotopic (exact) mass is 699 g/mol. The van der Waals surface area contributed by atoms with Crippen molar-refractivity contribution in [2.45, 2.75) is 0 Å². The summed E-state index contributed by atoms with van der Waals surface area (Å²) < 4.78 is 7.24. The van der Waals surface area contributed by atoms with E-state index >= 15 is 0 Å². The molecule has 3 heteroatoms. The molecule has 55 heavy (non-hydrogen) atoms. The van der Waals surface area contributed by atoms with Crippen molar-refractivity contribution < 1.29 is 0 Å². The van der Waals surface area contributed by atoms with Gasteiger partial charge < -0.3 is 13.7 Å². The summed E-state index contributed by atoms with van der Waals surface area (Å²) in [5, 5.41) is 10.1. The third-order valence-corrected chi connectivity index (χ3v) is 11.6. The van der Waals surface area contributed by atoms with E-state index in [1.165, 1.54) is 98.7 Å². The van der Waals surface area contributed by atoms with Crippen molar-refractivity contribution in [1.82, 2.24) is 13.7 Å². The zero-order chi connectivity index (χ0) is 36.0. The zero-order valence-electron chi connectivity index (χ0n) is 29.9. The van der Waals surface area contributed by atoms with Gasteiger partial charge in [0.1, 0.15) is 0 Å². The molecule has 3 aromatic heterocycles. The van der Waals surface area contributed by atoms with Gasteiger partial charge in [-0.05, 0) is 89.3 Å². The Morgan fingerprint density at radius 1 is 0.236 bits per heavy atom. The Morgan fingerprint density at radius 2 is 0.673 bits per heavy atom. The van der Waals surface area contributed by atoms with E-state index in [4.69, 9.17) is 0 Å². The van der Waals surface area contributed by atoms with Crippen molar-refractivity contribution in [3.8, 4) is 28.2 Å². The summed E-state index contributed by atoms with van der Waals surface area (Å²) >= 11 is 0. The lowest BCUT2D eigenvalue weighted by molar-refractivity contribution is 1.18. The predicted octanol–water partition coefficient (Wildman–Crippen LogP) is 13.8. The maximum absolute atomic E-state index is 2.44. The average molecular weight is 700 g/mol. The van der Waals surface area contributed by atoms with Crippen LogP contribution in [-0.2, 0) is 0 Å². The summed E-state index contributed by atoms with van der Waals surface area (Å²) in [6, 6.07) is 73.1. The zero-order valence-corrected chi connectivity index (χ0v) is 29.9. The first-order valence-corrected chi connectivity index (χ1v) is 18.9. The highest BCUT2D eigenvalue weighted by atomic mass is 15.0. The van der Waals surface area contributed by atoms with E-state index in [2.05, 4.69) is 214 Å². The third-order valence-electron chi connectivity index (χ3n) is 11.6. The van der Waals surface area contributed by atoms with E-state index < -0.39 is 0 Å². The van der Waals surface area contributed by atoms with Gasteiger partial charge in [-0.2, -0.15) is 0 Å². The van der Waals surface area contributed by atoms with E-state index in [0.717, 1.165) is 5.69 Å². The van der Waals surface area contributed by atoms with Crippen LogP contribution >= 0.6 is 0 Å². The van der Waals surface area contributed by atoms with Crippen molar-refractivity contribution in [3.63, 3.8) is 0 Å². The number of para-hydroxylation sites is 5. The minimum absolute atomic E-state index is 1.15. The molecule has 12 aromatic rings. The van der Waals surface area contributed by atoms with Crippen molar-refractivity contribution in [3.05, 3.63) is 200 Å². The Morgan fingerprint density at radius 3 is 1.38 bits per heavy atom. The molecule has 0 radical (unpaired) electrons. The molecule has 0 bridgehead atoms. The van der Waals surface area contributed by atoms with Gasteiger partial charge in [-0.25, -0.2) is 0 Å². The van der Waals surface area contributed by atoms with Crippen LogP contribution in [0.3, 0.4) is 0 Å². The number of hydrogen-bond donors (Lipinski definition) is 0. The van der Waals surface area contributed by atoms with Gasteiger partial charge in [0.25, 0.3) is 0 Å². The van der Waals surface area contributed by atoms with Gasteiger partial charge in [0.15, 0.2) is 0 Å². The highest BCUT2D eigenvalue weighted by Crippen LogP contribution is 2.43. The lowest BCUT2D eigenvalue weighted by Gasteiger charge is -2.12. The first-order valence-electron chi connectivity index (χ1n) is 18.9. The van der Waals surface area contributed by atoms with Gasteiger partial charge >= 0.3 is 0 Å². The predicted molar refractivity (Wildman–Crippen MR) is 232 cm³/mol. The van der Waals surface area contributed by atoms with Crippen LogP contribution < -0.4 is 0 Å². The maximum Gasteiger partial charge on any atom is 0.0619 e. The minimum Gasteiger partial charge on any atom is -0.309 e. The molecule has 3 heterocycles. The third kappa shape index (κ3) is 4.32. The van der Waals surface area contributed by atoms with Crippen LogP contribution in [-0.4, -0.2) is 13.7 Å². The van der Waals surface area contributed by atoms with E-state index in [0.29, 0.717) is 0 Å². The van der Waals surface area contributed by atoms with Crippen LogP contribution in [0.2, 0.25) is 0 Å². The highest BCUT2D eigenvalue weighted by Gasteiger charge is 2.20. The fourth-order valence-corrected chi connectivity index (χ4v) is 9.27. The molecule has 0 saturated carbocycles. The van der Waals surface area contributed by atoms with E-state index in [-0.39, 0.29) is 0 Å². The first kappa shape index (κ1) is 30.1. The largest absolute Gasteiger partial charge is 0.309 e. The first-order chi connectivity index (χ1) is 27.3. The van der Waals surface area contributed by atoms with Crippen molar-refractivity contribution >= 4 is 76.2 Å². The lowest BCUT2D eigenvalue weighted by Crippen LogP contribution is -1.95. The van der Waals surface area contributed by atoms with Gasteiger partial charge in [-0.3, -0.25) is 0 Å². The molecule has 0 fully saturated rings. The summed E-state index contributed by atoms with van der Waals surface area (Å²) in [6.45, 7) is 0. The molecule has 0 aliphatic carbocycles. The number of nitrogens with zero attached hydrogens (tertiary/aromatic N) is 3. The van der Waals surface area contributed by atoms with Crippen molar-refractivity contribution in [2.75, 3.05) is 0 Å². The summed E-state index contributed by atoms with van der Waals surface area (Å²) in [6.07, 6.45) is 0. The van der Waals surface area contributed by atoms with Crippen LogP contribution in [0.1, 0.15) is 0 Å². The molecular formula is C52H33N3. The van der Waals surface area contributed by atoms with Crippen molar-refractivity contribution in [2.24, 2.45) is 0 Å². The number of hydrogen-bond acceptors (Lipinski definition) is 0. The van der Waals surface area contributed by atoms with E-state index in [1.807, 2.05) is 0 Å². The lowest BCUT2D eigenvalue weighted by atomic mass is 10.0. The fourth-order valence-electron chi connectivity index (χ4n) is 9.27. The number of aromatic nitrogens is 3. The summed E-state index contributed by atoms with van der Waals surface area (Å²) in [4.78, 5) is 0. The van der Waals surface area contributed by atoms with E-state index in [9.17, 15) is 0 Å². The van der Waals surface area contributed by atoms with Crippen LogP contribution in [0.15, 0.2) is 200 Å². The van der Waals surface area contributed by atoms with Crippen LogP contribution in [0.4, 0.5) is 0 Å².